The molecule has 25 heavy (non-hydrogen) atoms. The second kappa shape index (κ2) is 9.04. The van der Waals surface area contributed by atoms with Crippen molar-refractivity contribution in [1.29, 1.82) is 0 Å². The number of hydrogen-bond donors (Lipinski definition) is 2. The van der Waals surface area contributed by atoms with Crippen LogP contribution in [0.1, 0.15) is 44.1 Å². The summed E-state index contributed by atoms with van der Waals surface area (Å²) in [6.07, 6.45) is 9.34. The fourth-order valence-electron chi connectivity index (χ4n) is 3.31. The van der Waals surface area contributed by atoms with Gasteiger partial charge in [0.1, 0.15) is 5.82 Å². The lowest BCUT2D eigenvalue weighted by atomic mass is 10.2. The van der Waals surface area contributed by atoms with Gasteiger partial charge in [0.05, 0.1) is 6.61 Å². The number of nitrogens with zero attached hydrogens (tertiary/aromatic N) is 3. The minimum atomic E-state index is -0.0995. The Balaban J connectivity index is 1.49. The number of aliphatic hydroxyl groups excluding tert-OH is 1. The van der Waals surface area contributed by atoms with E-state index in [1.54, 1.807) is 4.90 Å². The van der Waals surface area contributed by atoms with E-state index in [1.165, 1.54) is 38.5 Å². The van der Waals surface area contributed by atoms with E-state index in [4.69, 9.17) is 5.11 Å². The summed E-state index contributed by atoms with van der Waals surface area (Å²) < 4.78 is 0. The predicted octanol–water partition coefficient (Wildman–Crippen LogP) is 2.38. The van der Waals surface area contributed by atoms with Gasteiger partial charge in [0.25, 0.3) is 0 Å². The van der Waals surface area contributed by atoms with Crippen molar-refractivity contribution in [2.24, 2.45) is 5.92 Å². The summed E-state index contributed by atoms with van der Waals surface area (Å²) in [5.41, 5.74) is 1.00. The van der Waals surface area contributed by atoms with Crippen molar-refractivity contribution < 1.29 is 9.90 Å². The van der Waals surface area contributed by atoms with E-state index in [0.29, 0.717) is 19.0 Å². The third kappa shape index (κ3) is 5.59. The van der Waals surface area contributed by atoms with Crippen molar-refractivity contribution in [2.45, 2.75) is 45.1 Å². The number of nitrogens with one attached hydrogen (secondary N) is 1. The standard InChI is InChI=1S/C19H30N4O2/c24-12-11-23(15-16-5-6-16)19(25)21-14-17-7-8-18(20-13-17)22-9-3-1-2-4-10-22/h7-8,13,16,24H,1-6,9-12,14-15H2,(H,21,25). The number of urea groups is 1. The van der Waals surface area contributed by atoms with E-state index in [0.717, 1.165) is 31.0 Å². The lowest BCUT2D eigenvalue weighted by Crippen LogP contribution is -2.42. The van der Waals surface area contributed by atoms with Gasteiger partial charge >= 0.3 is 6.03 Å². The first-order valence-corrected chi connectivity index (χ1v) is 9.60. The van der Waals surface area contributed by atoms with Gasteiger partial charge in [0, 0.05) is 38.9 Å². The maximum atomic E-state index is 12.3. The van der Waals surface area contributed by atoms with Crippen molar-refractivity contribution in [2.75, 3.05) is 37.7 Å². The maximum absolute atomic E-state index is 12.3. The van der Waals surface area contributed by atoms with Crippen LogP contribution in [0.5, 0.6) is 0 Å². The zero-order chi connectivity index (χ0) is 17.5. The van der Waals surface area contributed by atoms with Crippen LogP contribution in [-0.4, -0.2) is 53.8 Å². The van der Waals surface area contributed by atoms with E-state index < -0.39 is 0 Å². The summed E-state index contributed by atoms with van der Waals surface area (Å²) in [6, 6.07) is 4.00. The number of hydrogen-bond acceptors (Lipinski definition) is 4. The van der Waals surface area contributed by atoms with Gasteiger partial charge in [0.15, 0.2) is 0 Å². The van der Waals surface area contributed by atoms with Crippen LogP contribution >= 0.6 is 0 Å². The zero-order valence-electron chi connectivity index (χ0n) is 15.0. The minimum Gasteiger partial charge on any atom is -0.395 e. The second-order valence-corrected chi connectivity index (χ2v) is 7.20. The van der Waals surface area contributed by atoms with Crippen molar-refractivity contribution in [3.63, 3.8) is 0 Å². The number of rotatable bonds is 7. The molecule has 0 radical (unpaired) electrons. The Morgan fingerprint density at radius 1 is 1.24 bits per heavy atom. The lowest BCUT2D eigenvalue weighted by molar-refractivity contribution is 0.174. The van der Waals surface area contributed by atoms with Crippen LogP contribution in [0, 0.1) is 5.92 Å². The third-order valence-electron chi connectivity index (χ3n) is 5.02. The Bertz CT molecular complexity index is 537. The van der Waals surface area contributed by atoms with Crippen LogP contribution in [0.15, 0.2) is 18.3 Å². The number of carbonyl (C=O) groups excluding carboxylic acids is 1. The highest BCUT2D eigenvalue weighted by atomic mass is 16.3. The van der Waals surface area contributed by atoms with Gasteiger partial charge in [-0.2, -0.15) is 0 Å². The molecule has 0 bridgehead atoms. The van der Waals surface area contributed by atoms with Crippen LogP contribution in [-0.2, 0) is 6.54 Å². The summed E-state index contributed by atoms with van der Waals surface area (Å²) in [4.78, 5) is 21.0. The molecule has 0 aromatic carbocycles. The van der Waals surface area contributed by atoms with Gasteiger partial charge in [0.2, 0.25) is 0 Å². The first-order chi connectivity index (χ1) is 12.3. The summed E-state index contributed by atoms with van der Waals surface area (Å²) in [5, 5.41) is 12.1. The molecule has 2 N–H and O–H groups in total. The molecule has 6 nitrogen and oxygen atoms in total. The molecule has 2 fully saturated rings. The molecular formula is C19H30N4O2. The van der Waals surface area contributed by atoms with Crippen LogP contribution in [0.4, 0.5) is 10.6 Å². The van der Waals surface area contributed by atoms with Gasteiger partial charge in [-0.25, -0.2) is 9.78 Å². The maximum Gasteiger partial charge on any atom is 0.317 e. The van der Waals surface area contributed by atoms with Crippen LogP contribution in [0.25, 0.3) is 0 Å². The summed E-state index contributed by atoms with van der Waals surface area (Å²) in [6.45, 7) is 3.79. The summed E-state index contributed by atoms with van der Waals surface area (Å²) in [7, 11) is 0. The monoisotopic (exact) mass is 346 g/mol. The smallest absolute Gasteiger partial charge is 0.317 e. The molecule has 6 heteroatoms. The average molecular weight is 346 g/mol. The molecular weight excluding hydrogens is 316 g/mol. The second-order valence-electron chi connectivity index (χ2n) is 7.20. The summed E-state index contributed by atoms with van der Waals surface area (Å²) in [5.74, 6) is 1.65. The molecule has 1 saturated heterocycles. The fraction of sp³-hybridized carbons (Fsp3) is 0.684. The Kier molecular flexibility index (Phi) is 6.50. The number of carbonyl (C=O) groups is 1. The van der Waals surface area contributed by atoms with E-state index in [2.05, 4.69) is 21.3 Å². The topological polar surface area (TPSA) is 68.7 Å². The Hall–Kier alpha value is -1.82. The molecule has 138 valence electrons. The van der Waals surface area contributed by atoms with Crippen LogP contribution in [0.2, 0.25) is 0 Å². The molecule has 1 aromatic heterocycles. The highest BCUT2D eigenvalue weighted by molar-refractivity contribution is 5.74. The number of pyridine rings is 1. The van der Waals surface area contributed by atoms with E-state index >= 15 is 0 Å². The van der Waals surface area contributed by atoms with Crippen molar-refractivity contribution in [3.05, 3.63) is 23.9 Å². The molecule has 1 aliphatic carbocycles. The molecule has 1 saturated carbocycles. The van der Waals surface area contributed by atoms with Crippen LogP contribution in [0.3, 0.4) is 0 Å². The Morgan fingerprint density at radius 3 is 2.60 bits per heavy atom. The van der Waals surface area contributed by atoms with Crippen molar-refractivity contribution >= 4 is 11.8 Å². The molecule has 3 rings (SSSR count). The van der Waals surface area contributed by atoms with Gasteiger partial charge in [-0.3, -0.25) is 0 Å². The Labute approximate surface area is 150 Å². The van der Waals surface area contributed by atoms with E-state index in [-0.39, 0.29) is 12.6 Å². The lowest BCUT2D eigenvalue weighted by Gasteiger charge is -2.23. The van der Waals surface area contributed by atoms with E-state index in [9.17, 15) is 4.79 Å². The quantitative estimate of drug-likeness (QED) is 0.795. The first-order valence-electron chi connectivity index (χ1n) is 9.60. The Morgan fingerprint density at radius 2 is 2.00 bits per heavy atom. The molecule has 1 aliphatic heterocycles. The molecule has 2 aliphatic rings. The van der Waals surface area contributed by atoms with Crippen molar-refractivity contribution in [3.8, 4) is 0 Å². The normalized spacial score (nSPS) is 17.9. The van der Waals surface area contributed by atoms with Crippen LogP contribution < -0.4 is 10.2 Å². The van der Waals surface area contributed by atoms with Gasteiger partial charge in [-0.15, -0.1) is 0 Å². The largest absolute Gasteiger partial charge is 0.395 e. The fourth-order valence-corrected chi connectivity index (χ4v) is 3.31. The summed E-state index contributed by atoms with van der Waals surface area (Å²) >= 11 is 0. The molecule has 0 atom stereocenters. The zero-order valence-corrected chi connectivity index (χ0v) is 15.0. The predicted molar refractivity (Wildman–Crippen MR) is 98.5 cm³/mol. The molecule has 0 spiro atoms. The SMILES string of the molecule is O=C(NCc1ccc(N2CCCCCC2)nc1)N(CCO)CC1CC1. The molecule has 2 heterocycles. The van der Waals surface area contributed by atoms with Gasteiger partial charge in [-0.05, 0) is 43.2 Å². The third-order valence-corrected chi connectivity index (χ3v) is 5.02. The van der Waals surface area contributed by atoms with Gasteiger partial charge < -0.3 is 20.2 Å². The highest BCUT2D eigenvalue weighted by Crippen LogP contribution is 2.29. The number of anilines is 1. The molecule has 2 amide bonds. The number of aromatic nitrogens is 1. The first kappa shape index (κ1) is 18.0. The average Bonchev–Trinajstić information content (AvgIpc) is 3.46. The minimum absolute atomic E-state index is 0.00618. The van der Waals surface area contributed by atoms with Crippen molar-refractivity contribution in [1.82, 2.24) is 15.2 Å². The molecule has 1 aromatic rings. The van der Waals surface area contributed by atoms with E-state index in [1.807, 2.05) is 12.3 Å². The van der Waals surface area contributed by atoms with Gasteiger partial charge in [-0.1, -0.05) is 18.9 Å². The highest BCUT2D eigenvalue weighted by Gasteiger charge is 2.26. The number of aliphatic hydroxyl groups is 1. The molecule has 0 unspecified atom stereocenters. The number of amides is 2.